The van der Waals surface area contributed by atoms with Gasteiger partial charge in [0.1, 0.15) is 0 Å². The topological polar surface area (TPSA) is 41.1 Å². The molecule has 21 heavy (non-hydrogen) atoms. The predicted octanol–water partition coefficient (Wildman–Crippen LogP) is 3.61. The van der Waals surface area contributed by atoms with E-state index < -0.39 is 5.41 Å². The minimum atomic E-state index is -0.429. The fourth-order valence-electron chi connectivity index (χ4n) is 3.57. The summed E-state index contributed by atoms with van der Waals surface area (Å²) in [4.78, 5) is 12.1. The molecule has 2 atom stereocenters. The van der Waals surface area contributed by atoms with Crippen LogP contribution in [0.2, 0.25) is 0 Å². The first-order chi connectivity index (χ1) is 9.77. The molecule has 1 aromatic carbocycles. The number of hydrogen-bond acceptors (Lipinski definition) is 2. The number of rotatable bonds is 4. The molecular weight excluding hydrogens is 260 g/mol. The van der Waals surface area contributed by atoms with E-state index in [1.54, 1.807) is 0 Å². The molecule has 1 heterocycles. The van der Waals surface area contributed by atoms with Gasteiger partial charge in [0.2, 0.25) is 5.91 Å². The van der Waals surface area contributed by atoms with Gasteiger partial charge < -0.3 is 10.6 Å². The highest BCUT2D eigenvalue weighted by atomic mass is 16.2. The number of hydrogen-bond donors (Lipinski definition) is 2. The zero-order valence-corrected chi connectivity index (χ0v) is 13.7. The van der Waals surface area contributed by atoms with Crippen molar-refractivity contribution in [3.63, 3.8) is 0 Å². The minimum Gasteiger partial charge on any atom is -0.325 e. The number of fused-ring (bicyclic) bond motifs is 1. The number of carbonyl (C=O) groups is 1. The number of amides is 1. The lowest BCUT2D eigenvalue weighted by Gasteiger charge is -2.22. The van der Waals surface area contributed by atoms with Crippen LogP contribution in [-0.4, -0.2) is 12.5 Å². The zero-order chi connectivity index (χ0) is 15.4. The van der Waals surface area contributed by atoms with Crippen LogP contribution < -0.4 is 10.6 Å². The molecule has 2 aliphatic rings. The van der Waals surface area contributed by atoms with Crippen molar-refractivity contribution in [1.82, 2.24) is 5.32 Å². The minimum absolute atomic E-state index is 0.0985. The van der Waals surface area contributed by atoms with Crippen LogP contribution in [-0.2, 0) is 10.2 Å². The van der Waals surface area contributed by atoms with Gasteiger partial charge in [-0.3, -0.25) is 4.79 Å². The van der Waals surface area contributed by atoms with Gasteiger partial charge in [0.25, 0.3) is 0 Å². The van der Waals surface area contributed by atoms with Crippen molar-refractivity contribution in [2.24, 2.45) is 11.3 Å². The van der Waals surface area contributed by atoms with Crippen molar-refractivity contribution in [1.29, 1.82) is 0 Å². The third-order valence-corrected chi connectivity index (χ3v) is 5.31. The van der Waals surface area contributed by atoms with E-state index in [4.69, 9.17) is 0 Å². The largest absolute Gasteiger partial charge is 0.325 e. The van der Waals surface area contributed by atoms with Crippen LogP contribution >= 0.6 is 0 Å². The molecule has 1 fully saturated rings. The molecule has 114 valence electrons. The molecule has 1 aromatic rings. The van der Waals surface area contributed by atoms with E-state index in [1.807, 2.05) is 13.8 Å². The lowest BCUT2D eigenvalue weighted by Crippen LogP contribution is -2.27. The summed E-state index contributed by atoms with van der Waals surface area (Å²) in [7, 11) is 0. The van der Waals surface area contributed by atoms with Gasteiger partial charge in [-0.05, 0) is 55.3 Å². The first kappa shape index (κ1) is 14.6. The highest BCUT2D eigenvalue weighted by Gasteiger charge is 2.50. The Morgan fingerprint density at radius 2 is 2.00 bits per heavy atom. The lowest BCUT2D eigenvalue weighted by molar-refractivity contribution is -0.119. The quantitative estimate of drug-likeness (QED) is 0.887. The lowest BCUT2D eigenvalue weighted by atomic mass is 9.84. The van der Waals surface area contributed by atoms with Crippen molar-refractivity contribution in [2.45, 2.75) is 52.5 Å². The Labute approximate surface area is 127 Å². The molecule has 0 radical (unpaired) electrons. The van der Waals surface area contributed by atoms with E-state index in [2.05, 4.69) is 49.6 Å². The summed E-state index contributed by atoms with van der Waals surface area (Å²) in [6.07, 6.45) is 1.27. The number of carbonyl (C=O) groups excluding carboxylic acids is 1. The standard InChI is InChI=1S/C18H26N2O/c1-6-19-15(13-10-17(13,2)3)11-7-8-14-12(9-11)18(4,5)16(21)20-14/h7-9,13,15,19H,6,10H2,1-5H3,(H,20,21). The van der Waals surface area contributed by atoms with Gasteiger partial charge >= 0.3 is 0 Å². The monoisotopic (exact) mass is 286 g/mol. The molecule has 1 saturated carbocycles. The first-order valence-electron chi connectivity index (χ1n) is 7.96. The molecule has 2 N–H and O–H groups in total. The molecular formula is C18H26N2O. The average molecular weight is 286 g/mol. The Morgan fingerprint density at radius 1 is 1.33 bits per heavy atom. The maximum absolute atomic E-state index is 12.1. The van der Waals surface area contributed by atoms with Crippen LogP contribution in [0.25, 0.3) is 0 Å². The van der Waals surface area contributed by atoms with E-state index in [9.17, 15) is 4.79 Å². The molecule has 3 heteroatoms. The van der Waals surface area contributed by atoms with Crippen molar-refractivity contribution in [3.8, 4) is 0 Å². The molecule has 1 amide bonds. The van der Waals surface area contributed by atoms with E-state index >= 15 is 0 Å². The normalized spacial score (nSPS) is 26.1. The van der Waals surface area contributed by atoms with Crippen molar-refractivity contribution in [3.05, 3.63) is 29.3 Å². The van der Waals surface area contributed by atoms with Gasteiger partial charge in [-0.1, -0.05) is 32.9 Å². The molecule has 1 aliphatic carbocycles. The SMILES string of the molecule is CCNC(c1ccc2c(c1)C(C)(C)C(=O)N2)C1CC1(C)C. The van der Waals surface area contributed by atoms with Gasteiger partial charge in [0, 0.05) is 11.7 Å². The van der Waals surface area contributed by atoms with Gasteiger partial charge in [-0.25, -0.2) is 0 Å². The Balaban J connectivity index is 1.96. The molecule has 1 aliphatic heterocycles. The summed E-state index contributed by atoms with van der Waals surface area (Å²) in [6, 6.07) is 6.86. The number of benzene rings is 1. The highest BCUT2D eigenvalue weighted by Crippen LogP contribution is 2.58. The van der Waals surface area contributed by atoms with Crippen LogP contribution in [0.3, 0.4) is 0 Å². The fraction of sp³-hybridized carbons (Fsp3) is 0.611. The Kier molecular flexibility index (Phi) is 3.17. The Morgan fingerprint density at radius 3 is 2.57 bits per heavy atom. The van der Waals surface area contributed by atoms with E-state index in [1.165, 1.54) is 12.0 Å². The van der Waals surface area contributed by atoms with E-state index in [0.717, 1.165) is 17.8 Å². The first-order valence-corrected chi connectivity index (χ1v) is 7.96. The summed E-state index contributed by atoms with van der Waals surface area (Å²) in [5.74, 6) is 0.782. The molecule has 3 rings (SSSR count). The highest BCUT2D eigenvalue weighted by molar-refractivity contribution is 6.05. The Hall–Kier alpha value is -1.35. The van der Waals surface area contributed by atoms with Crippen molar-refractivity contribution >= 4 is 11.6 Å². The summed E-state index contributed by atoms with van der Waals surface area (Å²) in [6.45, 7) is 11.8. The molecule has 0 bridgehead atoms. The summed E-state index contributed by atoms with van der Waals surface area (Å²) in [5, 5.41) is 6.63. The molecule has 0 spiro atoms. The maximum atomic E-state index is 12.1. The summed E-state index contributed by atoms with van der Waals surface area (Å²) in [5.41, 5.74) is 3.41. The zero-order valence-electron chi connectivity index (χ0n) is 13.7. The van der Waals surface area contributed by atoms with Gasteiger partial charge in [-0.2, -0.15) is 0 Å². The smallest absolute Gasteiger partial charge is 0.234 e. The maximum Gasteiger partial charge on any atom is 0.234 e. The fourth-order valence-corrected chi connectivity index (χ4v) is 3.57. The van der Waals surface area contributed by atoms with Gasteiger partial charge in [0.15, 0.2) is 0 Å². The van der Waals surface area contributed by atoms with Crippen molar-refractivity contribution in [2.75, 3.05) is 11.9 Å². The molecule has 0 saturated heterocycles. The third-order valence-electron chi connectivity index (χ3n) is 5.31. The molecule has 0 aromatic heterocycles. The van der Waals surface area contributed by atoms with Crippen molar-refractivity contribution < 1.29 is 4.79 Å². The second-order valence-electron chi connectivity index (χ2n) is 7.72. The van der Waals surface area contributed by atoms with Crippen LogP contribution in [0, 0.1) is 11.3 Å². The number of anilines is 1. The third kappa shape index (κ3) is 2.28. The average Bonchev–Trinajstić information content (AvgIpc) is 2.97. The second kappa shape index (κ2) is 4.57. The predicted molar refractivity (Wildman–Crippen MR) is 86.4 cm³/mol. The molecule has 3 nitrogen and oxygen atoms in total. The second-order valence-corrected chi connectivity index (χ2v) is 7.72. The van der Waals surface area contributed by atoms with Crippen LogP contribution in [0.15, 0.2) is 18.2 Å². The summed E-state index contributed by atoms with van der Waals surface area (Å²) >= 11 is 0. The summed E-state index contributed by atoms with van der Waals surface area (Å²) < 4.78 is 0. The van der Waals surface area contributed by atoms with Crippen LogP contribution in [0.4, 0.5) is 5.69 Å². The molecule has 2 unspecified atom stereocenters. The van der Waals surface area contributed by atoms with Crippen LogP contribution in [0.5, 0.6) is 0 Å². The van der Waals surface area contributed by atoms with Gasteiger partial charge in [0.05, 0.1) is 5.41 Å². The Bertz CT molecular complexity index is 589. The van der Waals surface area contributed by atoms with E-state index in [-0.39, 0.29) is 5.91 Å². The number of nitrogens with one attached hydrogen (secondary N) is 2. The van der Waals surface area contributed by atoms with E-state index in [0.29, 0.717) is 17.4 Å². The van der Waals surface area contributed by atoms with Crippen LogP contribution in [0.1, 0.15) is 58.2 Å². The van der Waals surface area contributed by atoms with Gasteiger partial charge in [-0.15, -0.1) is 0 Å².